The third-order valence-electron chi connectivity index (χ3n) is 5.08. The van der Waals surface area contributed by atoms with Crippen LogP contribution in [0, 0.1) is 0 Å². The van der Waals surface area contributed by atoms with Gasteiger partial charge >= 0.3 is 11.7 Å². The van der Waals surface area contributed by atoms with Crippen molar-refractivity contribution >= 4 is 34.4 Å². The number of piperidine rings is 1. The molecule has 156 valence electrons. The zero-order chi connectivity index (χ0) is 21.3. The van der Waals surface area contributed by atoms with E-state index in [1.54, 1.807) is 18.2 Å². The second kappa shape index (κ2) is 8.27. The molecule has 30 heavy (non-hydrogen) atoms. The summed E-state index contributed by atoms with van der Waals surface area (Å²) >= 11 is 5.94. The second-order valence-electron chi connectivity index (χ2n) is 7.20. The van der Waals surface area contributed by atoms with Gasteiger partial charge in [-0.1, -0.05) is 23.7 Å². The van der Waals surface area contributed by atoms with E-state index in [1.165, 1.54) is 11.5 Å². The average molecular weight is 430 g/mol. The van der Waals surface area contributed by atoms with E-state index in [9.17, 15) is 14.4 Å². The number of hydrogen-bond acceptors (Lipinski definition) is 7. The molecule has 10 heteroatoms. The van der Waals surface area contributed by atoms with Gasteiger partial charge in [0.2, 0.25) is 0 Å². The molecule has 0 aliphatic carbocycles. The number of anilines is 1. The van der Waals surface area contributed by atoms with E-state index in [0.29, 0.717) is 42.3 Å². The van der Waals surface area contributed by atoms with Crippen LogP contribution < -0.4 is 16.1 Å². The maximum absolute atomic E-state index is 12.5. The largest absolute Gasteiger partial charge is 0.462 e. The van der Waals surface area contributed by atoms with Crippen molar-refractivity contribution in [2.75, 3.05) is 18.0 Å². The molecule has 3 aromatic rings. The molecule has 1 aliphatic heterocycles. The molecule has 1 fully saturated rings. The molecule has 2 aromatic heterocycles. The van der Waals surface area contributed by atoms with E-state index in [0.717, 1.165) is 5.56 Å². The predicted octanol–water partition coefficient (Wildman–Crippen LogP) is 1.71. The van der Waals surface area contributed by atoms with E-state index in [2.05, 4.69) is 15.2 Å². The molecule has 0 bridgehead atoms. The third-order valence-corrected chi connectivity index (χ3v) is 5.34. The number of ether oxygens (including phenoxy) is 1. The normalized spacial score (nSPS) is 14.8. The highest BCUT2D eigenvalue weighted by atomic mass is 35.5. The Bertz CT molecular complexity index is 1200. The van der Waals surface area contributed by atoms with Crippen LogP contribution in [0.1, 0.15) is 25.3 Å². The molecule has 0 radical (unpaired) electrons. The van der Waals surface area contributed by atoms with E-state index < -0.39 is 11.2 Å². The number of esters is 1. The summed E-state index contributed by atoms with van der Waals surface area (Å²) in [5.41, 5.74) is 0.272. The van der Waals surface area contributed by atoms with Gasteiger partial charge in [0.25, 0.3) is 5.56 Å². The minimum Gasteiger partial charge on any atom is -0.462 e. The first-order valence-corrected chi connectivity index (χ1v) is 9.95. The zero-order valence-electron chi connectivity index (χ0n) is 16.3. The molecule has 0 unspecified atom stereocenters. The first-order valence-electron chi connectivity index (χ1n) is 9.58. The highest BCUT2D eigenvalue weighted by Gasteiger charge is 2.23. The van der Waals surface area contributed by atoms with Crippen LogP contribution in [-0.4, -0.2) is 44.9 Å². The standard InChI is InChI=1S/C20H20ClN5O4/c1-12(27)30-15-6-8-25(9-7-15)17-10-16-18(24-23-17)19(28)22-20(29)26(16)11-13-2-4-14(21)5-3-13/h2-5,10,15H,6-9,11H2,1H3,(H,22,28,29). The Labute approximate surface area is 176 Å². The van der Waals surface area contributed by atoms with Crippen molar-refractivity contribution in [2.45, 2.75) is 32.4 Å². The van der Waals surface area contributed by atoms with Crippen LogP contribution in [0.5, 0.6) is 0 Å². The van der Waals surface area contributed by atoms with Crippen molar-refractivity contribution in [2.24, 2.45) is 0 Å². The lowest BCUT2D eigenvalue weighted by atomic mass is 10.1. The average Bonchev–Trinajstić information content (AvgIpc) is 2.72. The summed E-state index contributed by atoms with van der Waals surface area (Å²) in [7, 11) is 0. The first kappa shape index (κ1) is 20.1. The third kappa shape index (κ3) is 4.20. The Morgan fingerprint density at radius 1 is 1.20 bits per heavy atom. The van der Waals surface area contributed by atoms with Gasteiger partial charge in [-0.25, -0.2) is 4.79 Å². The summed E-state index contributed by atoms with van der Waals surface area (Å²) in [4.78, 5) is 40.2. The number of aromatic amines is 1. The van der Waals surface area contributed by atoms with E-state index >= 15 is 0 Å². The number of hydrogen-bond donors (Lipinski definition) is 1. The molecule has 1 aliphatic rings. The summed E-state index contributed by atoms with van der Waals surface area (Å²) in [6.45, 7) is 2.91. The molecule has 4 rings (SSSR count). The maximum atomic E-state index is 12.5. The van der Waals surface area contributed by atoms with E-state index in [1.807, 2.05) is 17.0 Å². The number of carbonyl (C=O) groups is 1. The van der Waals surface area contributed by atoms with Gasteiger partial charge in [0.1, 0.15) is 6.10 Å². The van der Waals surface area contributed by atoms with Crippen molar-refractivity contribution in [1.29, 1.82) is 0 Å². The van der Waals surface area contributed by atoms with Crippen molar-refractivity contribution < 1.29 is 9.53 Å². The summed E-state index contributed by atoms with van der Waals surface area (Å²) in [5, 5.41) is 8.86. The van der Waals surface area contributed by atoms with Crippen LogP contribution in [0.2, 0.25) is 5.02 Å². The van der Waals surface area contributed by atoms with Crippen LogP contribution in [0.4, 0.5) is 5.82 Å². The minimum atomic E-state index is -0.574. The number of H-pyrrole nitrogens is 1. The molecule has 0 saturated carbocycles. The molecule has 0 amide bonds. The highest BCUT2D eigenvalue weighted by Crippen LogP contribution is 2.21. The van der Waals surface area contributed by atoms with Crippen LogP contribution in [0.15, 0.2) is 39.9 Å². The Morgan fingerprint density at radius 3 is 2.57 bits per heavy atom. The molecule has 1 saturated heterocycles. The molecule has 3 heterocycles. The second-order valence-corrected chi connectivity index (χ2v) is 7.64. The van der Waals surface area contributed by atoms with Gasteiger partial charge < -0.3 is 9.64 Å². The number of halogens is 1. The number of nitrogens with one attached hydrogen (secondary N) is 1. The van der Waals surface area contributed by atoms with Gasteiger partial charge in [-0.2, -0.15) is 0 Å². The Balaban J connectivity index is 1.67. The number of nitrogens with zero attached hydrogens (tertiary/aromatic N) is 4. The van der Waals surface area contributed by atoms with Gasteiger partial charge in [-0.05, 0) is 17.7 Å². The molecule has 0 spiro atoms. The quantitative estimate of drug-likeness (QED) is 0.628. The monoisotopic (exact) mass is 429 g/mol. The van der Waals surface area contributed by atoms with E-state index in [4.69, 9.17) is 16.3 Å². The topological polar surface area (TPSA) is 110 Å². The van der Waals surface area contributed by atoms with Crippen LogP contribution >= 0.6 is 11.6 Å². The zero-order valence-corrected chi connectivity index (χ0v) is 17.1. The van der Waals surface area contributed by atoms with Crippen LogP contribution in [-0.2, 0) is 16.1 Å². The molecule has 9 nitrogen and oxygen atoms in total. The minimum absolute atomic E-state index is 0.0992. The van der Waals surface area contributed by atoms with Gasteiger partial charge in [-0.15, -0.1) is 10.2 Å². The Hall–Kier alpha value is -3.20. The summed E-state index contributed by atoms with van der Waals surface area (Å²) in [6.07, 6.45) is 1.23. The maximum Gasteiger partial charge on any atom is 0.329 e. The van der Waals surface area contributed by atoms with Crippen molar-refractivity contribution in [3.63, 3.8) is 0 Å². The molecule has 1 N–H and O–H groups in total. The van der Waals surface area contributed by atoms with Crippen molar-refractivity contribution in [3.05, 3.63) is 61.8 Å². The number of aromatic nitrogens is 4. The Morgan fingerprint density at radius 2 is 1.90 bits per heavy atom. The lowest BCUT2D eigenvalue weighted by Crippen LogP contribution is -2.38. The van der Waals surface area contributed by atoms with Crippen LogP contribution in [0.3, 0.4) is 0 Å². The van der Waals surface area contributed by atoms with Crippen LogP contribution in [0.25, 0.3) is 11.0 Å². The lowest BCUT2D eigenvalue weighted by Gasteiger charge is -2.32. The lowest BCUT2D eigenvalue weighted by molar-refractivity contribution is -0.147. The van der Waals surface area contributed by atoms with Gasteiger partial charge in [0.05, 0.1) is 12.1 Å². The van der Waals surface area contributed by atoms with Crippen molar-refractivity contribution in [3.8, 4) is 0 Å². The fraction of sp³-hybridized carbons (Fsp3) is 0.350. The summed E-state index contributed by atoms with van der Waals surface area (Å²) in [5.74, 6) is 0.281. The fourth-order valence-corrected chi connectivity index (χ4v) is 3.72. The fourth-order valence-electron chi connectivity index (χ4n) is 3.59. The Kier molecular flexibility index (Phi) is 5.54. The number of fused-ring (bicyclic) bond motifs is 1. The number of carbonyl (C=O) groups excluding carboxylic acids is 1. The van der Waals surface area contributed by atoms with Gasteiger partial charge in [0.15, 0.2) is 11.3 Å². The van der Waals surface area contributed by atoms with E-state index in [-0.39, 0.29) is 24.1 Å². The highest BCUT2D eigenvalue weighted by molar-refractivity contribution is 6.30. The SMILES string of the molecule is CC(=O)OC1CCN(c2cc3c(nn2)c(=O)[nH]c(=O)n3Cc2ccc(Cl)cc2)CC1. The smallest absolute Gasteiger partial charge is 0.329 e. The summed E-state index contributed by atoms with van der Waals surface area (Å²) in [6, 6.07) is 8.84. The molecular formula is C20H20ClN5O4. The van der Waals surface area contributed by atoms with Gasteiger partial charge in [0, 0.05) is 43.9 Å². The molecule has 0 atom stereocenters. The number of rotatable bonds is 4. The van der Waals surface area contributed by atoms with Gasteiger partial charge in [-0.3, -0.25) is 19.1 Å². The first-order chi connectivity index (χ1) is 14.4. The summed E-state index contributed by atoms with van der Waals surface area (Å²) < 4.78 is 6.73. The van der Waals surface area contributed by atoms with Crippen molar-refractivity contribution in [1.82, 2.24) is 19.7 Å². The predicted molar refractivity (Wildman–Crippen MR) is 112 cm³/mol. The molecule has 1 aromatic carbocycles. The number of benzene rings is 1. The molecular weight excluding hydrogens is 410 g/mol.